The quantitative estimate of drug-likeness (QED) is 0.321. The van der Waals surface area contributed by atoms with Gasteiger partial charge in [-0.15, -0.1) is 0 Å². The van der Waals surface area contributed by atoms with Crippen molar-refractivity contribution in [3.63, 3.8) is 0 Å². The van der Waals surface area contributed by atoms with Crippen LogP contribution in [0.5, 0.6) is 0 Å². The molecular formula is C25H45N. The molecule has 2 unspecified atom stereocenters. The van der Waals surface area contributed by atoms with Gasteiger partial charge in [-0.05, 0) is 49.9 Å². The molecule has 0 N–H and O–H groups in total. The van der Waals surface area contributed by atoms with Gasteiger partial charge in [-0.1, -0.05) is 97.3 Å². The van der Waals surface area contributed by atoms with Crippen LogP contribution in [0.15, 0.2) is 0 Å². The number of unbranched alkanes of at least 4 members (excludes halogenated alkanes) is 8. The smallest absolute Gasteiger partial charge is 0.0692 e. The zero-order valence-corrected chi connectivity index (χ0v) is 17.9. The summed E-state index contributed by atoms with van der Waals surface area (Å²) in [6.45, 7) is 4.59. The van der Waals surface area contributed by atoms with Gasteiger partial charge in [0.25, 0.3) is 0 Å². The zero-order valence-electron chi connectivity index (χ0n) is 17.9. The van der Waals surface area contributed by atoms with Crippen LogP contribution < -0.4 is 0 Å². The second-order valence-corrected chi connectivity index (χ2v) is 9.66. The second-order valence-electron chi connectivity index (χ2n) is 9.66. The predicted molar refractivity (Wildman–Crippen MR) is 113 cm³/mol. The number of hydrogen-bond donors (Lipinski definition) is 0. The van der Waals surface area contributed by atoms with E-state index in [9.17, 15) is 5.26 Å². The minimum atomic E-state index is 0.0606. The van der Waals surface area contributed by atoms with Crippen LogP contribution in [0, 0.1) is 34.5 Å². The van der Waals surface area contributed by atoms with E-state index in [1.165, 1.54) is 116 Å². The van der Waals surface area contributed by atoms with Crippen LogP contribution in [0.3, 0.4) is 0 Å². The number of nitriles is 1. The molecule has 0 aromatic heterocycles. The number of rotatable bonds is 12. The third kappa shape index (κ3) is 6.58. The minimum absolute atomic E-state index is 0.0606. The molecule has 2 rings (SSSR count). The van der Waals surface area contributed by atoms with E-state index in [2.05, 4.69) is 19.9 Å². The van der Waals surface area contributed by atoms with Crippen molar-refractivity contribution in [3.8, 4) is 6.07 Å². The standard InChI is InChI=1S/C25H45N/c1-3-5-7-9-11-13-22-17-18-25(21-26)20-23(15-16-24(25)19-22)14-12-10-8-6-4-2/h22-24H,3-20H2,1-2H3/t22?,23-,24-,25?/m1/s1. The Hall–Kier alpha value is -0.510. The van der Waals surface area contributed by atoms with Crippen LogP contribution in [0.4, 0.5) is 0 Å². The summed E-state index contributed by atoms with van der Waals surface area (Å²) in [4.78, 5) is 0. The van der Waals surface area contributed by atoms with Crippen molar-refractivity contribution in [1.29, 1.82) is 5.26 Å². The van der Waals surface area contributed by atoms with Gasteiger partial charge in [0.15, 0.2) is 0 Å². The summed E-state index contributed by atoms with van der Waals surface area (Å²) in [5.41, 5.74) is 0.0606. The lowest BCUT2D eigenvalue weighted by Gasteiger charge is -2.48. The first kappa shape index (κ1) is 21.8. The first-order valence-electron chi connectivity index (χ1n) is 12.1. The Labute approximate surface area is 164 Å². The minimum Gasteiger partial charge on any atom is -0.198 e. The highest BCUT2D eigenvalue weighted by Crippen LogP contribution is 2.54. The summed E-state index contributed by atoms with van der Waals surface area (Å²) in [5.74, 6) is 2.49. The normalized spacial score (nSPS) is 31.3. The molecular weight excluding hydrogens is 314 g/mol. The van der Waals surface area contributed by atoms with Gasteiger partial charge in [-0.3, -0.25) is 0 Å². The second kappa shape index (κ2) is 12.0. The van der Waals surface area contributed by atoms with Gasteiger partial charge in [0.1, 0.15) is 0 Å². The average molecular weight is 360 g/mol. The Morgan fingerprint density at radius 2 is 1.38 bits per heavy atom. The van der Waals surface area contributed by atoms with Gasteiger partial charge in [0.05, 0.1) is 11.5 Å². The lowest BCUT2D eigenvalue weighted by Crippen LogP contribution is -2.40. The van der Waals surface area contributed by atoms with Gasteiger partial charge in [0, 0.05) is 0 Å². The molecule has 2 aliphatic rings. The maximum absolute atomic E-state index is 10.0. The summed E-state index contributed by atoms with van der Waals surface area (Å²) < 4.78 is 0. The molecule has 0 aromatic rings. The molecule has 1 heteroatoms. The van der Waals surface area contributed by atoms with E-state index < -0.39 is 0 Å². The molecule has 0 amide bonds. The van der Waals surface area contributed by atoms with Crippen LogP contribution in [-0.2, 0) is 0 Å². The Bertz CT molecular complexity index is 409. The van der Waals surface area contributed by atoms with Crippen molar-refractivity contribution >= 4 is 0 Å². The monoisotopic (exact) mass is 359 g/mol. The van der Waals surface area contributed by atoms with E-state index in [-0.39, 0.29) is 5.41 Å². The molecule has 0 bridgehead atoms. The molecule has 2 fully saturated rings. The van der Waals surface area contributed by atoms with Gasteiger partial charge in [0.2, 0.25) is 0 Å². The molecule has 4 atom stereocenters. The molecule has 2 saturated carbocycles. The zero-order chi connectivity index (χ0) is 18.7. The van der Waals surface area contributed by atoms with Crippen LogP contribution in [0.1, 0.15) is 129 Å². The van der Waals surface area contributed by atoms with Gasteiger partial charge in [-0.2, -0.15) is 5.26 Å². The molecule has 0 heterocycles. The topological polar surface area (TPSA) is 23.8 Å². The summed E-state index contributed by atoms with van der Waals surface area (Å²) in [6, 6.07) is 2.86. The first-order chi connectivity index (χ1) is 12.7. The average Bonchev–Trinajstić information content (AvgIpc) is 2.67. The summed E-state index contributed by atoms with van der Waals surface area (Å²) >= 11 is 0. The Kier molecular flexibility index (Phi) is 10.1. The maximum Gasteiger partial charge on any atom is 0.0692 e. The van der Waals surface area contributed by atoms with Crippen molar-refractivity contribution in [3.05, 3.63) is 0 Å². The van der Waals surface area contributed by atoms with Gasteiger partial charge < -0.3 is 0 Å². The third-order valence-electron chi connectivity index (χ3n) is 7.63. The lowest BCUT2D eigenvalue weighted by atomic mass is 9.55. The van der Waals surface area contributed by atoms with Crippen LogP contribution in [-0.4, -0.2) is 0 Å². The van der Waals surface area contributed by atoms with E-state index in [1.807, 2.05) is 0 Å². The highest BCUT2D eigenvalue weighted by molar-refractivity contribution is 5.08. The fraction of sp³-hybridized carbons (Fsp3) is 0.960. The fourth-order valence-corrected chi connectivity index (χ4v) is 5.90. The van der Waals surface area contributed by atoms with Crippen LogP contribution in [0.25, 0.3) is 0 Å². The van der Waals surface area contributed by atoms with Crippen LogP contribution in [0.2, 0.25) is 0 Å². The maximum atomic E-state index is 10.0. The van der Waals surface area contributed by atoms with Gasteiger partial charge >= 0.3 is 0 Å². The van der Waals surface area contributed by atoms with E-state index in [4.69, 9.17) is 0 Å². The number of fused-ring (bicyclic) bond motifs is 1. The van der Waals surface area contributed by atoms with E-state index in [0.29, 0.717) is 0 Å². The predicted octanol–water partition coefficient (Wildman–Crippen LogP) is 8.43. The molecule has 0 aromatic carbocycles. The number of hydrogen-bond acceptors (Lipinski definition) is 1. The molecule has 150 valence electrons. The highest BCUT2D eigenvalue weighted by atomic mass is 14.5. The van der Waals surface area contributed by atoms with Crippen LogP contribution >= 0.6 is 0 Å². The summed E-state index contributed by atoms with van der Waals surface area (Å²) in [6.07, 6.45) is 24.7. The van der Waals surface area contributed by atoms with Crippen molar-refractivity contribution in [2.45, 2.75) is 129 Å². The van der Waals surface area contributed by atoms with E-state index in [1.54, 1.807) is 0 Å². The summed E-state index contributed by atoms with van der Waals surface area (Å²) in [5, 5.41) is 10.0. The van der Waals surface area contributed by atoms with Crippen molar-refractivity contribution < 1.29 is 0 Å². The largest absolute Gasteiger partial charge is 0.198 e. The van der Waals surface area contributed by atoms with Crippen molar-refractivity contribution in [2.24, 2.45) is 23.2 Å². The van der Waals surface area contributed by atoms with E-state index in [0.717, 1.165) is 17.8 Å². The molecule has 26 heavy (non-hydrogen) atoms. The SMILES string of the molecule is CCCCCCCC1CCC2(C#N)C[C@H](CCCCCCC)CC[C@@H]2C1. The molecule has 1 nitrogen and oxygen atoms in total. The third-order valence-corrected chi connectivity index (χ3v) is 7.63. The molecule has 0 spiro atoms. The van der Waals surface area contributed by atoms with Gasteiger partial charge in [-0.25, -0.2) is 0 Å². The molecule has 0 radical (unpaired) electrons. The van der Waals surface area contributed by atoms with E-state index >= 15 is 0 Å². The lowest BCUT2D eigenvalue weighted by molar-refractivity contribution is 0.0366. The summed E-state index contributed by atoms with van der Waals surface area (Å²) in [7, 11) is 0. The Balaban J connectivity index is 1.72. The Morgan fingerprint density at radius 3 is 2.00 bits per heavy atom. The van der Waals surface area contributed by atoms with Crippen molar-refractivity contribution in [2.75, 3.05) is 0 Å². The molecule has 2 aliphatic carbocycles. The van der Waals surface area contributed by atoms with Crippen molar-refractivity contribution in [1.82, 2.24) is 0 Å². The molecule has 0 aliphatic heterocycles. The number of nitrogens with zero attached hydrogens (tertiary/aromatic N) is 1. The highest BCUT2D eigenvalue weighted by Gasteiger charge is 2.47. The Morgan fingerprint density at radius 1 is 0.769 bits per heavy atom. The fourth-order valence-electron chi connectivity index (χ4n) is 5.90. The first-order valence-corrected chi connectivity index (χ1v) is 12.1. The molecule has 0 saturated heterocycles.